The zero-order valence-corrected chi connectivity index (χ0v) is 18.3. The Kier molecular flexibility index (Phi) is 6.27. The van der Waals surface area contributed by atoms with Crippen molar-refractivity contribution in [3.63, 3.8) is 0 Å². The van der Waals surface area contributed by atoms with E-state index < -0.39 is 21.7 Å². The van der Waals surface area contributed by atoms with Crippen molar-refractivity contribution in [3.05, 3.63) is 52.3 Å². The van der Waals surface area contributed by atoms with Crippen LogP contribution in [-0.4, -0.2) is 39.6 Å². The summed E-state index contributed by atoms with van der Waals surface area (Å²) in [6.45, 7) is 5.01. The molecule has 1 aliphatic rings. The van der Waals surface area contributed by atoms with Gasteiger partial charge in [0.1, 0.15) is 5.82 Å². The number of primary sulfonamides is 1. The van der Waals surface area contributed by atoms with Gasteiger partial charge in [-0.2, -0.15) is 0 Å². The summed E-state index contributed by atoms with van der Waals surface area (Å²) in [6, 6.07) is 8.30. The van der Waals surface area contributed by atoms with E-state index in [0.717, 1.165) is 6.07 Å². The summed E-state index contributed by atoms with van der Waals surface area (Å²) in [5.74, 6) is -1.07. The topological polar surface area (TPSA) is 102 Å². The number of amides is 1. The van der Waals surface area contributed by atoms with Gasteiger partial charge in [-0.15, -0.1) is 0 Å². The fraction of sp³-hybridized carbons (Fsp3) is 0.316. The number of nitrogens with zero attached hydrogens (tertiary/aromatic N) is 1. The van der Waals surface area contributed by atoms with Crippen molar-refractivity contribution in [3.8, 4) is 0 Å². The second-order valence-electron chi connectivity index (χ2n) is 6.97. The third-order valence-electron chi connectivity index (χ3n) is 4.48. The number of nitrogens with two attached hydrogens (primary N) is 1. The Morgan fingerprint density at radius 3 is 2.45 bits per heavy atom. The summed E-state index contributed by atoms with van der Waals surface area (Å²) in [5, 5.41) is 7.70. The van der Waals surface area contributed by atoms with Crippen LogP contribution in [0.5, 0.6) is 0 Å². The van der Waals surface area contributed by atoms with Crippen molar-refractivity contribution in [1.82, 2.24) is 0 Å². The first-order valence-corrected chi connectivity index (χ1v) is 11.2. The summed E-state index contributed by atoms with van der Waals surface area (Å²) < 4.78 is 43.8. The van der Waals surface area contributed by atoms with Crippen LogP contribution in [0.25, 0.3) is 0 Å². The number of carbonyl (C=O) groups excluding carboxylic acids is 1. The summed E-state index contributed by atoms with van der Waals surface area (Å²) in [5.41, 5.74) is 0.748. The van der Waals surface area contributed by atoms with E-state index in [4.69, 9.17) is 9.88 Å². The molecule has 0 aliphatic carbocycles. The lowest BCUT2D eigenvalue weighted by Gasteiger charge is -2.37. The molecular formula is C19H21BrFN3O4S. The molecule has 1 saturated heterocycles. The minimum atomic E-state index is -3.96. The molecule has 3 rings (SSSR count). The highest BCUT2D eigenvalue weighted by atomic mass is 79.9. The minimum absolute atomic E-state index is 0.0130. The maximum absolute atomic E-state index is 14.7. The van der Waals surface area contributed by atoms with Gasteiger partial charge >= 0.3 is 0 Å². The number of hydrogen-bond donors (Lipinski definition) is 2. The summed E-state index contributed by atoms with van der Waals surface area (Å²) in [4.78, 5) is 14.3. The van der Waals surface area contributed by atoms with E-state index in [-0.39, 0.29) is 28.4 Å². The largest absolute Gasteiger partial charge is 0.372 e. The standard InChI is InChI=1S/C19H21BrFN3O4S/c1-11-9-24(10-12(2)28-11)18-6-3-13(7-17(18)21)23-19(25)15-8-14(29(22,26)27)4-5-16(15)20/h3-8,11-12H,9-10H2,1-2H3,(H,23,25)(H2,22,26,27). The van der Waals surface area contributed by atoms with Gasteiger partial charge in [-0.1, -0.05) is 0 Å². The maximum Gasteiger partial charge on any atom is 0.256 e. The highest BCUT2D eigenvalue weighted by molar-refractivity contribution is 9.10. The Morgan fingerprint density at radius 2 is 1.86 bits per heavy atom. The molecule has 1 aliphatic heterocycles. The van der Waals surface area contributed by atoms with Gasteiger partial charge in [-0.3, -0.25) is 4.79 Å². The molecule has 29 heavy (non-hydrogen) atoms. The first-order chi connectivity index (χ1) is 13.5. The van der Waals surface area contributed by atoms with Gasteiger partial charge in [0.25, 0.3) is 5.91 Å². The number of sulfonamides is 1. The molecule has 0 aromatic heterocycles. The van der Waals surface area contributed by atoms with E-state index in [1.165, 1.54) is 18.2 Å². The van der Waals surface area contributed by atoms with E-state index in [1.54, 1.807) is 12.1 Å². The van der Waals surface area contributed by atoms with Crippen LogP contribution in [0.2, 0.25) is 0 Å². The number of morpholine rings is 1. The molecule has 2 unspecified atom stereocenters. The maximum atomic E-state index is 14.7. The highest BCUT2D eigenvalue weighted by Crippen LogP contribution is 2.27. The third-order valence-corrected chi connectivity index (χ3v) is 6.08. The van der Waals surface area contributed by atoms with E-state index in [1.807, 2.05) is 18.7 Å². The zero-order chi connectivity index (χ0) is 21.3. The van der Waals surface area contributed by atoms with Crippen molar-refractivity contribution >= 4 is 43.2 Å². The van der Waals surface area contributed by atoms with Gasteiger partial charge in [-0.05, 0) is 66.2 Å². The van der Waals surface area contributed by atoms with Crippen LogP contribution in [0, 0.1) is 5.82 Å². The van der Waals surface area contributed by atoms with Crippen molar-refractivity contribution in [2.45, 2.75) is 31.0 Å². The van der Waals surface area contributed by atoms with E-state index >= 15 is 0 Å². The van der Waals surface area contributed by atoms with Gasteiger partial charge in [0, 0.05) is 23.2 Å². The van der Waals surface area contributed by atoms with E-state index in [2.05, 4.69) is 21.2 Å². The Bertz CT molecular complexity index is 1040. The molecule has 10 heteroatoms. The SMILES string of the molecule is CC1CN(c2ccc(NC(=O)c3cc(S(N)(=O)=O)ccc3Br)cc2F)CC(C)O1. The Morgan fingerprint density at radius 1 is 1.21 bits per heavy atom. The number of nitrogens with one attached hydrogen (secondary N) is 1. The lowest BCUT2D eigenvalue weighted by molar-refractivity contribution is -0.00539. The first-order valence-electron chi connectivity index (χ1n) is 8.88. The van der Waals surface area contributed by atoms with Crippen LogP contribution in [0.3, 0.4) is 0 Å². The zero-order valence-electron chi connectivity index (χ0n) is 15.9. The predicted molar refractivity (Wildman–Crippen MR) is 112 cm³/mol. The van der Waals surface area contributed by atoms with Gasteiger partial charge in [0.2, 0.25) is 10.0 Å². The molecule has 0 bridgehead atoms. The van der Waals surface area contributed by atoms with Crippen LogP contribution >= 0.6 is 15.9 Å². The Hall–Kier alpha value is -2.01. The van der Waals surface area contributed by atoms with Gasteiger partial charge in [0.05, 0.1) is 28.4 Å². The molecule has 0 radical (unpaired) electrons. The monoisotopic (exact) mass is 485 g/mol. The normalized spacial score (nSPS) is 19.8. The average molecular weight is 486 g/mol. The molecule has 1 fully saturated rings. The minimum Gasteiger partial charge on any atom is -0.372 e. The molecule has 1 heterocycles. The third kappa shape index (κ3) is 5.13. The molecule has 0 spiro atoms. The molecule has 2 atom stereocenters. The smallest absolute Gasteiger partial charge is 0.256 e. The van der Waals surface area contributed by atoms with E-state index in [9.17, 15) is 17.6 Å². The number of anilines is 2. The molecule has 0 saturated carbocycles. The number of halogens is 2. The lowest BCUT2D eigenvalue weighted by atomic mass is 10.1. The van der Waals surface area contributed by atoms with Crippen molar-refractivity contribution in [1.29, 1.82) is 0 Å². The number of rotatable bonds is 4. The Labute approximate surface area is 177 Å². The van der Waals surface area contributed by atoms with Gasteiger partial charge in [0.15, 0.2) is 0 Å². The predicted octanol–water partition coefficient (Wildman–Crippen LogP) is 3.10. The molecule has 1 amide bonds. The van der Waals surface area contributed by atoms with Crippen LogP contribution in [0.4, 0.5) is 15.8 Å². The lowest BCUT2D eigenvalue weighted by Crippen LogP contribution is -2.45. The van der Waals surface area contributed by atoms with Gasteiger partial charge < -0.3 is 15.0 Å². The fourth-order valence-electron chi connectivity index (χ4n) is 3.27. The second-order valence-corrected chi connectivity index (χ2v) is 9.39. The molecule has 2 aromatic carbocycles. The fourth-order valence-corrected chi connectivity index (χ4v) is 4.24. The van der Waals surface area contributed by atoms with Crippen LogP contribution in [0.1, 0.15) is 24.2 Å². The van der Waals surface area contributed by atoms with Crippen LogP contribution in [0.15, 0.2) is 45.8 Å². The number of carbonyl (C=O) groups is 1. The highest BCUT2D eigenvalue weighted by Gasteiger charge is 2.24. The second kappa shape index (κ2) is 8.39. The molecule has 156 valence electrons. The molecule has 3 N–H and O–H groups in total. The Balaban J connectivity index is 1.81. The van der Waals surface area contributed by atoms with Gasteiger partial charge in [-0.25, -0.2) is 17.9 Å². The quantitative estimate of drug-likeness (QED) is 0.692. The van der Waals surface area contributed by atoms with Crippen molar-refractivity contribution in [2.24, 2.45) is 5.14 Å². The summed E-state index contributed by atoms with van der Waals surface area (Å²) in [7, 11) is -3.96. The summed E-state index contributed by atoms with van der Waals surface area (Å²) >= 11 is 3.21. The molecule has 7 nitrogen and oxygen atoms in total. The average Bonchev–Trinajstić information content (AvgIpc) is 2.60. The first kappa shape index (κ1) is 21.7. The van der Waals surface area contributed by atoms with Crippen LogP contribution in [-0.2, 0) is 14.8 Å². The van der Waals surface area contributed by atoms with Crippen molar-refractivity contribution in [2.75, 3.05) is 23.3 Å². The number of ether oxygens (including phenoxy) is 1. The number of benzene rings is 2. The molecule has 2 aromatic rings. The van der Waals surface area contributed by atoms with Crippen LogP contribution < -0.4 is 15.4 Å². The van der Waals surface area contributed by atoms with E-state index in [0.29, 0.717) is 23.2 Å². The summed E-state index contributed by atoms with van der Waals surface area (Å²) in [6.07, 6.45) is -0.0260. The van der Waals surface area contributed by atoms with Crippen molar-refractivity contribution < 1.29 is 22.3 Å². The molecular weight excluding hydrogens is 465 g/mol. The number of hydrogen-bond acceptors (Lipinski definition) is 5.